The second-order valence-corrected chi connectivity index (χ2v) is 8.63. The predicted octanol–water partition coefficient (Wildman–Crippen LogP) is 3.60. The first-order chi connectivity index (χ1) is 17.9. The molecule has 1 aromatic carbocycles. The van der Waals surface area contributed by atoms with Gasteiger partial charge in [-0.05, 0) is 55.0 Å². The van der Waals surface area contributed by atoms with Crippen LogP contribution in [-0.4, -0.2) is 51.1 Å². The van der Waals surface area contributed by atoms with Crippen LogP contribution in [0.3, 0.4) is 0 Å². The molecular weight excluding hydrogens is 484 g/mol. The highest BCUT2D eigenvalue weighted by molar-refractivity contribution is 5.94. The minimum atomic E-state index is -2.81. The van der Waals surface area contributed by atoms with Crippen LogP contribution in [0.1, 0.15) is 52.3 Å². The van der Waals surface area contributed by atoms with Crippen molar-refractivity contribution in [1.29, 1.82) is 0 Å². The minimum absolute atomic E-state index is 0.0158. The van der Waals surface area contributed by atoms with Crippen molar-refractivity contribution in [2.75, 3.05) is 18.5 Å². The third-order valence-electron chi connectivity index (χ3n) is 5.89. The van der Waals surface area contributed by atoms with Crippen molar-refractivity contribution in [3.8, 4) is 5.75 Å². The topological polar surface area (TPSA) is 126 Å². The second kappa shape index (κ2) is 12.2. The summed E-state index contributed by atoms with van der Waals surface area (Å²) in [6.07, 6.45) is 2.65. The van der Waals surface area contributed by atoms with E-state index in [-0.39, 0.29) is 12.1 Å². The number of pyridine rings is 1. The third kappa shape index (κ3) is 7.18. The van der Waals surface area contributed by atoms with Crippen LogP contribution >= 0.6 is 0 Å². The van der Waals surface area contributed by atoms with E-state index in [2.05, 4.69) is 37.7 Å². The number of nitrogens with zero attached hydrogens (tertiary/aromatic N) is 3. The highest BCUT2D eigenvalue weighted by atomic mass is 19.3. The van der Waals surface area contributed by atoms with E-state index in [1.54, 1.807) is 24.3 Å². The summed E-state index contributed by atoms with van der Waals surface area (Å²) in [7, 11) is 0. The molecule has 194 valence electrons. The zero-order chi connectivity index (χ0) is 26.2. The van der Waals surface area contributed by atoms with E-state index in [4.69, 9.17) is 4.74 Å². The van der Waals surface area contributed by atoms with Gasteiger partial charge in [-0.1, -0.05) is 18.2 Å². The average Bonchev–Trinajstić information content (AvgIpc) is 2.91. The van der Waals surface area contributed by atoms with Gasteiger partial charge in [0.05, 0.1) is 19.0 Å². The van der Waals surface area contributed by atoms with Gasteiger partial charge < -0.3 is 20.5 Å². The molecule has 3 heterocycles. The average molecular weight is 512 g/mol. The largest absolute Gasteiger partial charge is 0.494 e. The number of hydrogen-bond acceptors (Lipinski definition) is 7. The van der Waals surface area contributed by atoms with Crippen LogP contribution in [0.2, 0.25) is 0 Å². The number of aryl methyl sites for hydroxylation is 2. The number of benzene rings is 1. The molecule has 0 aliphatic carbocycles. The fourth-order valence-electron chi connectivity index (χ4n) is 3.91. The van der Waals surface area contributed by atoms with Gasteiger partial charge in [0, 0.05) is 18.7 Å². The molecule has 0 bridgehead atoms. The number of rotatable bonds is 11. The van der Waals surface area contributed by atoms with Crippen molar-refractivity contribution in [1.82, 2.24) is 20.3 Å². The first kappa shape index (κ1) is 25.9. The fourth-order valence-corrected chi connectivity index (χ4v) is 3.91. The number of alkyl halides is 2. The van der Waals surface area contributed by atoms with E-state index in [0.29, 0.717) is 17.9 Å². The predicted molar refractivity (Wildman–Crippen MR) is 131 cm³/mol. The molecule has 0 saturated carbocycles. The Morgan fingerprint density at radius 1 is 1.11 bits per heavy atom. The molecule has 2 aromatic heterocycles. The molecular formula is C26H27F2N5O4. The van der Waals surface area contributed by atoms with Gasteiger partial charge >= 0.3 is 5.97 Å². The maximum atomic E-state index is 12.6. The van der Waals surface area contributed by atoms with E-state index < -0.39 is 30.0 Å². The Morgan fingerprint density at radius 3 is 2.62 bits per heavy atom. The van der Waals surface area contributed by atoms with Crippen molar-refractivity contribution in [2.45, 2.75) is 44.6 Å². The molecule has 0 saturated heterocycles. The van der Waals surface area contributed by atoms with Gasteiger partial charge in [0.1, 0.15) is 29.0 Å². The number of aliphatic carboxylic acids is 1. The number of carboxylic acid groups (broad SMARTS) is 1. The molecule has 9 nitrogen and oxygen atoms in total. The summed E-state index contributed by atoms with van der Waals surface area (Å²) in [4.78, 5) is 35.8. The summed E-state index contributed by atoms with van der Waals surface area (Å²) in [6.45, 7) is 1.46. The van der Waals surface area contributed by atoms with Crippen LogP contribution in [0.4, 0.5) is 14.6 Å². The van der Waals surface area contributed by atoms with Gasteiger partial charge in [-0.2, -0.15) is 0 Å². The van der Waals surface area contributed by atoms with Crippen molar-refractivity contribution in [3.05, 3.63) is 77.0 Å². The number of carbonyl (C=O) groups is 2. The SMILES string of the molecule is O=C(N[C@@H](Cc1ccc(OCCCc2ccc3c(n2)NCCC3)cc1)C(=O)O)c1cnc(C(F)F)cn1. The van der Waals surface area contributed by atoms with Crippen molar-refractivity contribution < 1.29 is 28.2 Å². The number of hydrogen-bond donors (Lipinski definition) is 3. The summed E-state index contributed by atoms with van der Waals surface area (Å²) in [5, 5.41) is 15.2. The van der Waals surface area contributed by atoms with Crippen molar-refractivity contribution >= 4 is 17.7 Å². The van der Waals surface area contributed by atoms with E-state index in [1.807, 2.05) is 0 Å². The van der Waals surface area contributed by atoms with Gasteiger partial charge in [-0.25, -0.2) is 23.5 Å². The lowest BCUT2D eigenvalue weighted by molar-refractivity contribution is -0.139. The first-order valence-electron chi connectivity index (χ1n) is 12.0. The lowest BCUT2D eigenvalue weighted by Gasteiger charge is -2.17. The molecule has 3 N–H and O–H groups in total. The van der Waals surface area contributed by atoms with Crippen molar-refractivity contribution in [3.63, 3.8) is 0 Å². The summed E-state index contributed by atoms with van der Waals surface area (Å²) >= 11 is 0. The van der Waals surface area contributed by atoms with Gasteiger partial charge in [0.15, 0.2) is 0 Å². The number of anilines is 1. The molecule has 11 heteroatoms. The maximum absolute atomic E-state index is 12.6. The van der Waals surface area contributed by atoms with Crippen LogP contribution in [-0.2, 0) is 24.1 Å². The first-order valence-corrected chi connectivity index (χ1v) is 12.0. The Morgan fingerprint density at radius 2 is 1.92 bits per heavy atom. The van der Waals surface area contributed by atoms with Gasteiger partial charge in [0.2, 0.25) is 0 Å². The number of aromatic nitrogens is 3. The highest BCUT2D eigenvalue weighted by Crippen LogP contribution is 2.20. The van der Waals surface area contributed by atoms with Crippen LogP contribution < -0.4 is 15.4 Å². The van der Waals surface area contributed by atoms with Crippen LogP contribution in [0.5, 0.6) is 5.75 Å². The van der Waals surface area contributed by atoms with Crippen LogP contribution in [0.15, 0.2) is 48.8 Å². The normalized spacial score (nSPS) is 13.4. The molecule has 0 radical (unpaired) electrons. The van der Waals surface area contributed by atoms with E-state index in [9.17, 15) is 23.5 Å². The molecule has 37 heavy (non-hydrogen) atoms. The summed E-state index contributed by atoms with van der Waals surface area (Å²) in [5.74, 6) is -0.426. The number of nitrogens with one attached hydrogen (secondary N) is 2. The fraction of sp³-hybridized carbons (Fsp3) is 0.346. The minimum Gasteiger partial charge on any atom is -0.494 e. The van der Waals surface area contributed by atoms with E-state index in [0.717, 1.165) is 56.1 Å². The monoisotopic (exact) mass is 511 g/mol. The van der Waals surface area contributed by atoms with Gasteiger partial charge in [-0.15, -0.1) is 0 Å². The number of halogens is 2. The Kier molecular flexibility index (Phi) is 8.55. The van der Waals surface area contributed by atoms with E-state index >= 15 is 0 Å². The number of ether oxygens (including phenoxy) is 1. The standard InChI is InChI=1S/C26H27F2N5O4/c27-23(28)21-14-31-22(15-30-21)25(34)33-20(26(35)36)13-16-5-9-19(10-6-16)37-12-2-4-18-8-7-17-3-1-11-29-24(17)32-18/h5-10,14-15,20,23H,1-4,11-13H2,(H,29,32)(H,33,34)(H,35,36)/t20-/m0/s1. The zero-order valence-corrected chi connectivity index (χ0v) is 20.0. The Hall–Kier alpha value is -4.15. The number of carbonyl (C=O) groups excluding carboxylic acids is 1. The van der Waals surface area contributed by atoms with Gasteiger partial charge in [0.25, 0.3) is 12.3 Å². The molecule has 0 spiro atoms. The smallest absolute Gasteiger partial charge is 0.326 e. The third-order valence-corrected chi connectivity index (χ3v) is 5.89. The van der Waals surface area contributed by atoms with Crippen molar-refractivity contribution in [2.24, 2.45) is 0 Å². The van der Waals surface area contributed by atoms with Crippen LogP contribution in [0, 0.1) is 0 Å². The molecule has 3 aromatic rings. The Balaban J connectivity index is 1.25. The molecule has 1 aliphatic heterocycles. The number of carboxylic acids is 1. The zero-order valence-electron chi connectivity index (χ0n) is 20.0. The lowest BCUT2D eigenvalue weighted by atomic mass is 10.1. The summed E-state index contributed by atoms with van der Waals surface area (Å²) < 4.78 is 31.0. The lowest BCUT2D eigenvalue weighted by Crippen LogP contribution is -2.42. The molecule has 1 amide bonds. The molecule has 1 aliphatic rings. The Bertz CT molecular complexity index is 1220. The molecule has 0 unspecified atom stereocenters. The molecule has 0 fully saturated rings. The molecule has 1 atom stereocenters. The summed E-state index contributed by atoms with van der Waals surface area (Å²) in [6, 6.07) is 9.89. The highest BCUT2D eigenvalue weighted by Gasteiger charge is 2.22. The molecule has 4 rings (SSSR count). The maximum Gasteiger partial charge on any atom is 0.326 e. The quantitative estimate of drug-likeness (QED) is 0.334. The Labute approximate surface area is 212 Å². The van der Waals surface area contributed by atoms with E-state index in [1.165, 1.54) is 5.56 Å². The van der Waals surface area contributed by atoms with Gasteiger partial charge in [-0.3, -0.25) is 9.78 Å². The second-order valence-electron chi connectivity index (χ2n) is 8.63. The summed E-state index contributed by atoms with van der Waals surface area (Å²) in [5.41, 5.74) is 2.13. The number of fused-ring (bicyclic) bond motifs is 1. The number of amides is 1. The van der Waals surface area contributed by atoms with Crippen LogP contribution in [0.25, 0.3) is 0 Å².